The summed E-state index contributed by atoms with van der Waals surface area (Å²) < 4.78 is 0. The molecular weight excluding hydrogens is 250 g/mol. The molecular formula is C17H15NS. The number of fused-ring (bicyclic) bond motifs is 1. The predicted octanol–water partition coefficient (Wildman–Crippen LogP) is 5.09. The molecule has 1 aromatic carbocycles. The van der Waals surface area contributed by atoms with Gasteiger partial charge in [0.2, 0.25) is 0 Å². The Morgan fingerprint density at radius 2 is 1.47 bits per heavy atom. The average molecular weight is 265 g/mol. The number of aryl methyl sites for hydroxylation is 2. The van der Waals surface area contributed by atoms with Crippen molar-refractivity contribution in [1.82, 2.24) is 4.98 Å². The molecule has 0 radical (unpaired) electrons. The molecule has 0 amide bonds. The minimum atomic E-state index is 1.17. The van der Waals surface area contributed by atoms with Crippen LogP contribution >= 0.6 is 11.3 Å². The van der Waals surface area contributed by atoms with E-state index in [9.17, 15) is 0 Å². The standard InChI is InChI=1S/C11H9NS.C6H6/c1-6-7(2)13-11(12-6)10-5-8-3-4-9(8)10;1-2-4-6-5-3-1/h3-5H,1-2H3;1-6H. The Labute approximate surface area is 117 Å². The molecule has 0 N–H and O–H groups in total. The van der Waals surface area contributed by atoms with Gasteiger partial charge in [0.15, 0.2) is 0 Å². The summed E-state index contributed by atoms with van der Waals surface area (Å²) in [4.78, 5) is 5.86. The van der Waals surface area contributed by atoms with Crippen molar-refractivity contribution in [3.63, 3.8) is 0 Å². The highest BCUT2D eigenvalue weighted by molar-refractivity contribution is 7.15. The number of rotatable bonds is 1. The maximum atomic E-state index is 4.53. The van der Waals surface area contributed by atoms with Gasteiger partial charge in [-0.2, -0.15) is 0 Å². The molecule has 2 heteroatoms. The minimum Gasteiger partial charge on any atom is -0.241 e. The fourth-order valence-electron chi connectivity index (χ4n) is 1.94. The summed E-state index contributed by atoms with van der Waals surface area (Å²) >= 11 is 1.79. The molecule has 2 aromatic rings. The van der Waals surface area contributed by atoms with Crippen LogP contribution in [0.4, 0.5) is 0 Å². The second-order valence-electron chi connectivity index (χ2n) is 4.58. The van der Waals surface area contributed by atoms with E-state index >= 15 is 0 Å². The monoisotopic (exact) mass is 265 g/mol. The first-order chi connectivity index (χ1) is 9.25. The number of aromatic nitrogens is 1. The van der Waals surface area contributed by atoms with Gasteiger partial charge in [0.1, 0.15) is 5.01 Å². The highest BCUT2D eigenvalue weighted by atomic mass is 32.1. The van der Waals surface area contributed by atoms with Gasteiger partial charge in [-0.3, -0.25) is 0 Å². The number of thiazole rings is 1. The van der Waals surface area contributed by atoms with Crippen LogP contribution < -0.4 is 0 Å². The lowest BCUT2D eigenvalue weighted by atomic mass is 9.87. The Bertz CT molecular complexity index is 652. The topological polar surface area (TPSA) is 12.9 Å². The second kappa shape index (κ2) is 4.98. The van der Waals surface area contributed by atoms with Crippen molar-refractivity contribution in [3.05, 3.63) is 65.2 Å². The SMILES string of the molecule is Cc1nc(-c2cc3ccc2-3)sc1C.c1ccccc1. The quantitative estimate of drug-likeness (QED) is 0.467. The second-order valence-corrected chi connectivity index (χ2v) is 5.78. The van der Waals surface area contributed by atoms with Crippen LogP contribution in [0.3, 0.4) is 0 Å². The van der Waals surface area contributed by atoms with Crippen molar-refractivity contribution in [2.24, 2.45) is 0 Å². The van der Waals surface area contributed by atoms with Gasteiger partial charge in [-0.15, -0.1) is 11.3 Å². The molecule has 0 atom stereocenters. The minimum absolute atomic E-state index is 1.17. The lowest BCUT2D eigenvalue weighted by Gasteiger charge is -2.18. The molecule has 0 unspecified atom stereocenters. The van der Waals surface area contributed by atoms with E-state index in [0.29, 0.717) is 0 Å². The Morgan fingerprint density at radius 1 is 0.842 bits per heavy atom. The molecule has 1 nitrogen and oxygen atoms in total. The third-order valence-electron chi connectivity index (χ3n) is 3.26. The first-order valence-electron chi connectivity index (χ1n) is 6.34. The van der Waals surface area contributed by atoms with Crippen molar-refractivity contribution in [2.45, 2.75) is 13.8 Å². The van der Waals surface area contributed by atoms with Crippen LogP contribution in [0.15, 0.2) is 54.6 Å². The molecule has 2 aliphatic carbocycles. The molecule has 4 rings (SSSR count). The van der Waals surface area contributed by atoms with Gasteiger partial charge in [-0.05, 0) is 31.0 Å². The molecule has 2 aliphatic rings. The Kier molecular flexibility index (Phi) is 3.18. The van der Waals surface area contributed by atoms with Crippen LogP contribution in [-0.2, 0) is 0 Å². The van der Waals surface area contributed by atoms with Crippen molar-refractivity contribution in [3.8, 4) is 21.7 Å². The lowest BCUT2D eigenvalue weighted by molar-refractivity contribution is 1.23. The van der Waals surface area contributed by atoms with E-state index in [2.05, 4.69) is 37.0 Å². The van der Waals surface area contributed by atoms with Crippen LogP contribution in [0, 0.1) is 13.8 Å². The van der Waals surface area contributed by atoms with Crippen LogP contribution in [0.25, 0.3) is 21.7 Å². The smallest absolute Gasteiger partial charge is 0.124 e. The Balaban J connectivity index is 0.000000155. The van der Waals surface area contributed by atoms with Crippen molar-refractivity contribution >= 4 is 11.3 Å². The lowest BCUT2D eigenvalue weighted by Crippen LogP contribution is -1.95. The third kappa shape index (κ3) is 2.32. The molecule has 0 aliphatic heterocycles. The fraction of sp³-hybridized carbons (Fsp3) is 0.118. The Hall–Kier alpha value is -1.93. The molecule has 0 spiro atoms. The van der Waals surface area contributed by atoms with E-state index in [0.717, 1.165) is 0 Å². The summed E-state index contributed by atoms with van der Waals surface area (Å²) in [6, 6.07) is 18.5. The number of hydrogen-bond acceptors (Lipinski definition) is 2. The molecule has 0 saturated heterocycles. The zero-order valence-electron chi connectivity index (χ0n) is 11.1. The van der Waals surface area contributed by atoms with E-state index in [4.69, 9.17) is 0 Å². The van der Waals surface area contributed by atoms with Crippen molar-refractivity contribution in [1.29, 1.82) is 0 Å². The molecule has 0 bridgehead atoms. The molecule has 19 heavy (non-hydrogen) atoms. The van der Waals surface area contributed by atoms with Crippen molar-refractivity contribution in [2.75, 3.05) is 0 Å². The van der Waals surface area contributed by atoms with E-state index < -0.39 is 0 Å². The predicted molar refractivity (Wildman–Crippen MR) is 82.5 cm³/mol. The summed E-state index contributed by atoms with van der Waals surface area (Å²) in [6.45, 7) is 4.20. The van der Waals surface area contributed by atoms with Crippen molar-refractivity contribution < 1.29 is 0 Å². The highest BCUT2D eigenvalue weighted by Crippen LogP contribution is 2.44. The number of hydrogen-bond donors (Lipinski definition) is 0. The molecule has 0 fully saturated rings. The first-order valence-corrected chi connectivity index (χ1v) is 7.16. The van der Waals surface area contributed by atoms with Gasteiger partial charge in [-0.25, -0.2) is 4.98 Å². The number of nitrogens with zero attached hydrogens (tertiary/aromatic N) is 1. The molecule has 1 heterocycles. The van der Waals surface area contributed by atoms with E-state index in [-0.39, 0.29) is 0 Å². The fourth-order valence-corrected chi connectivity index (χ4v) is 2.88. The molecule has 94 valence electrons. The highest BCUT2D eigenvalue weighted by Gasteiger charge is 2.20. The van der Waals surface area contributed by atoms with Gasteiger partial charge in [-0.1, -0.05) is 48.5 Å². The van der Waals surface area contributed by atoms with Gasteiger partial charge < -0.3 is 0 Å². The summed E-state index contributed by atoms with van der Waals surface area (Å²) in [7, 11) is 0. The van der Waals surface area contributed by atoms with Crippen LogP contribution in [0.2, 0.25) is 0 Å². The average Bonchev–Trinajstić information content (AvgIpc) is 2.75. The van der Waals surface area contributed by atoms with E-state index in [1.807, 2.05) is 36.4 Å². The summed E-state index contributed by atoms with van der Waals surface area (Å²) in [5.41, 5.74) is 5.28. The summed E-state index contributed by atoms with van der Waals surface area (Å²) in [6.07, 6.45) is 0. The molecule has 0 saturated carbocycles. The number of benzene rings is 2. The van der Waals surface area contributed by atoms with Crippen LogP contribution in [0.1, 0.15) is 10.6 Å². The van der Waals surface area contributed by atoms with Gasteiger partial charge >= 0.3 is 0 Å². The maximum Gasteiger partial charge on any atom is 0.124 e. The van der Waals surface area contributed by atoms with Crippen LogP contribution in [0.5, 0.6) is 0 Å². The van der Waals surface area contributed by atoms with E-state index in [1.165, 1.54) is 32.3 Å². The first kappa shape index (κ1) is 12.1. The van der Waals surface area contributed by atoms with E-state index in [1.54, 1.807) is 11.3 Å². The van der Waals surface area contributed by atoms with Crippen LogP contribution in [-0.4, -0.2) is 4.98 Å². The molecule has 1 aromatic heterocycles. The summed E-state index contributed by atoms with van der Waals surface area (Å²) in [5.74, 6) is 0. The zero-order chi connectivity index (χ0) is 13.2. The normalized spacial score (nSPS) is 10.6. The Morgan fingerprint density at radius 3 is 1.79 bits per heavy atom. The zero-order valence-corrected chi connectivity index (χ0v) is 11.9. The van der Waals surface area contributed by atoms with Gasteiger partial charge in [0, 0.05) is 10.4 Å². The van der Waals surface area contributed by atoms with Gasteiger partial charge in [0.05, 0.1) is 5.69 Å². The largest absolute Gasteiger partial charge is 0.241 e. The van der Waals surface area contributed by atoms with Gasteiger partial charge in [0.25, 0.3) is 0 Å². The summed E-state index contributed by atoms with van der Waals surface area (Å²) in [5, 5.41) is 1.18. The maximum absolute atomic E-state index is 4.53. The third-order valence-corrected chi connectivity index (χ3v) is 4.36.